The molecule has 0 unspecified atom stereocenters. The first-order valence-corrected chi connectivity index (χ1v) is 8.75. The monoisotopic (exact) mass is 428 g/mol. The van der Waals surface area contributed by atoms with Gasteiger partial charge in [-0.25, -0.2) is 0 Å². The van der Waals surface area contributed by atoms with Crippen molar-refractivity contribution in [1.29, 1.82) is 0 Å². The number of carbonyl (C=O) groups excluding carboxylic acids is 3. The minimum absolute atomic E-state index is 0. The van der Waals surface area contributed by atoms with Gasteiger partial charge in [-0.3, -0.25) is 0 Å². The quantitative estimate of drug-likeness (QED) is 0.370. The van der Waals surface area contributed by atoms with Crippen molar-refractivity contribution in [3.63, 3.8) is 0 Å². The number of carboxylic acids is 1. The first kappa shape index (κ1) is 25.9. The predicted molar refractivity (Wildman–Crippen MR) is 99.0 cm³/mol. The Labute approximate surface area is 216 Å². The van der Waals surface area contributed by atoms with Crippen molar-refractivity contribution in [3.8, 4) is 11.5 Å². The molecule has 0 aromatic heterocycles. The van der Waals surface area contributed by atoms with E-state index in [1.807, 2.05) is 0 Å². The minimum atomic E-state index is -1.29. The number of imide groups is 1. The van der Waals surface area contributed by atoms with E-state index in [9.17, 15) is 19.5 Å². The van der Waals surface area contributed by atoms with Crippen LogP contribution in [0.2, 0.25) is 0 Å². The summed E-state index contributed by atoms with van der Waals surface area (Å²) in [4.78, 5) is 33.6. The fourth-order valence-electron chi connectivity index (χ4n) is 2.34. The maximum atomic E-state index is 11.5. The maximum absolute atomic E-state index is 11.5. The standard InChI is InChI=1S/C19H16N2O5S.2Na/c20-15(18(23)24)9-11-1-5-13(6-2-11)26-14-7-3-12(4-8-14)10-16-17(22)21-19(25)27-16;;/h1-8,10,15H,9,20H2,(H2,21,22,23,24,25);;/q;2*+1/p-2/b16-10-;;/t15-;;/m1../s1. The first-order chi connectivity index (χ1) is 12.9. The van der Waals surface area contributed by atoms with E-state index in [1.165, 1.54) is 0 Å². The molecule has 138 valence electrons. The molecule has 0 bridgehead atoms. The van der Waals surface area contributed by atoms with Gasteiger partial charge in [0.15, 0.2) is 0 Å². The summed E-state index contributed by atoms with van der Waals surface area (Å²) in [6.45, 7) is 0. The molecule has 2 aromatic rings. The Kier molecular flexibility index (Phi) is 10.7. The van der Waals surface area contributed by atoms with E-state index < -0.39 is 23.2 Å². The number of thioether (sulfide) groups is 1. The third-order valence-electron chi connectivity index (χ3n) is 3.70. The molecule has 2 amide bonds. The van der Waals surface area contributed by atoms with Crippen LogP contribution in [0.5, 0.6) is 11.5 Å². The molecule has 1 atom stereocenters. The van der Waals surface area contributed by atoms with Crippen molar-refractivity contribution >= 4 is 35.0 Å². The first-order valence-electron chi connectivity index (χ1n) is 7.93. The summed E-state index contributed by atoms with van der Waals surface area (Å²) in [6.07, 6.45) is 1.78. The number of ether oxygens (including phenoxy) is 1. The SMILES string of the molecule is N[C@H](Cc1ccc(Oc2ccc(/C=C3\SC(=O)[N-]C3=O)cc2)cc1)C(=O)[O-].[Na+].[Na+]. The van der Waals surface area contributed by atoms with Crippen LogP contribution in [0.15, 0.2) is 53.4 Å². The smallest absolute Gasteiger partial charge is 0.581 e. The van der Waals surface area contributed by atoms with Gasteiger partial charge in [0.25, 0.3) is 0 Å². The van der Waals surface area contributed by atoms with Gasteiger partial charge in [-0.15, -0.1) is 0 Å². The van der Waals surface area contributed by atoms with Crippen LogP contribution in [-0.4, -0.2) is 23.2 Å². The van der Waals surface area contributed by atoms with Gasteiger partial charge in [-0.2, -0.15) is 0 Å². The van der Waals surface area contributed by atoms with Crippen LogP contribution in [0.4, 0.5) is 4.79 Å². The number of carboxylic acid groups (broad SMARTS) is 1. The van der Waals surface area contributed by atoms with E-state index in [2.05, 4.69) is 5.32 Å². The Hall–Kier alpha value is -1.10. The fourth-order valence-corrected chi connectivity index (χ4v) is 2.98. The van der Waals surface area contributed by atoms with Crippen LogP contribution in [0.25, 0.3) is 11.4 Å². The zero-order valence-electron chi connectivity index (χ0n) is 16.0. The largest absolute Gasteiger partial charge is 1.00 e. The molecule has 0 saturated carbocycles. The van der Waals surface area contributed by atoms with Crippen molar-refractivity contribution in [1.82, 2.24) is 0 Å². The van der Waals surface area contributed by atoms with Gasteiger partial charge in [-0.1, -0.05) is 36.0 Å². The molecular formula is C19H14N2Na2O5S. The Morgan fingerprint density at radius 2 is 1.62 bits per heavy atom. The van der Waals surface area contributed by atoms with Crippen molar-refractivity contribution in [2.24, 2.45) is 5.73 Å². The Morgan fingerprint density at radius 1 is 1.07 bits per heavy atom. The Bertz CT molecular complexity index is 917. The normalized spacial score (nSPS) is 15.1. The number of hydrogen-bond donors (Lipinski definition) is 1. The van der Waals surface area contributed by atoms with Crippen molar-refractivity contribution in [3.05, 3.63) is 69.9 Å². The molecule has 29 heavy (non-hydrogen) atoms. The molecule has 1 saturated heterocycles. The number of nitrogens with two attached hydrogens (primary N) is 1. The second-order valence-electron chi connectivity index (χ2n) is 5.74. The zero-order valence-corrected chi connectivity index (χ0v) is 20.8. The average Bonchev–Trinajstić information content (AvgIpc) is 2.95. The molecule has 2 N–H and O–H groups in total. The van der Waals surface area contributed by atoms with Crippen LogP contribution in [0.3, 0.4) is 0 Å². The summed E-state index contributed by atoms with van der Waals surface area (Å²) in [6, 6.07) is 12.8. The van der Waals surface area contributed by atoms with Crippen LogP contribution >= 0.6 is 11.8 Å². The third-order valence-corrected chi connectivity index (χ3v) is 4.47. The summed E-state index contributed by atoms with van der Waals surface area (Å²) < 4.78 is 5.72. The minimum Gasteiger partial charge on any atom is -0.581 e. The summed E-state index contributed by atoms with van der Waals surface area (Å²) in [7, 11) is 0. The number of amides is 2. The van der Waals surface area contributed by atoms with E-state index in [0.29, 0.717) is 16.4 Å². The van der Waals surface area contributed by atoms with Crippen molar-refractivity contribution < 1.29 is 83.3 Å². The summed E-state index contributed by atoms with van der Waals surface area (Å²) in [5.41, 5.74) is 6.96. The molecule has 0 aliphatic carbocycles. The van der Waals surface area contributed by atoms with E-state index in [0.717, 1.165) is 22.9 Å². The average molecular weight is 428 g/mol. The topological polar surface area (TPSA) is 124 Å². The Balaban J connectivity index is 0.00000210. The van der Waals surface area contributed by atoms with Gasteiger partial charge in [0.2, 0.25) is 0 Å². The van der Waals surface area contributed by atoms with E-state index >= 15 is 0 Å². The van der Waals surface area contributed by atoms with Gasteiger partial charge in [0.1, 0.15) is 16.7 Å². The molecule has 1 aliphatic rings. The van der Waals surface area contributed by atoms with Gasteiger partial charge >= 0.3 is 59.1 Å². The van der Waals surface area contributed by atoms with Gasteiger partial charge < -0.3 is 35.3 Å². The molecular weight excluding hydrogens is 414 g/mol. The van der Waals surface area contributed by atoms with Crippen LogP contribution in [0.1, 0.15) is 11.1 Å². The molecule has 7 nitrogen and oxygen atoms in total. The van der Waals surface area contributed by atoms with E-state index in [4.69, 9.17) is 10.5 Å². The van der Waals surface area contributed by atoms with Crippen molar-refractivity contribution in [2.45, 2.75) is 12.5 Å². The summed E-state index contributed by atoms with van der Waals surface area (Å²) in [5.74, 6) is -0.648. The third kappa shape index (κ3) is 7.58. The zero-order chi connectivity index (χ0) is 19.4. The number of nitrogens with zero attached hydrogens (tertiary/aromatic N) is 1. The van der Waals surface area contributed by atoms with Crippen LogP contribution < -0.4 is 74.7 Å². The molecule has 1 aliphatic heterocycles. The second kappa shape index (κ2) is 11.9. The van der Waals surface area contributed by atoms with Gasteiger partial charge in [0.05, 0.1) is 11.9 Å². The van der Waals surface area contributed by atoms with Gasteiger partial charge in [-0.05, 0) is 47.9 Å². The summed E-state index contributed by atoms with van der Waals surface area (Å²) in [5, 5.41) is 13.5. The van der Waals surface area contributed by atoms with Crippen LogP contribution in [0, 0.1) is 0 Å². The van der Waals surface area contributed by atoms with Crippen molar-refractivity contribution in [2.75, 3.05) is 0 Å². The summed E-state index contributed by atoms with van der Waals surface area (Å²) >= 11 is 0.808. The van der Waals surface area contributed by atoms with Crippen LogP contribution in [-0.2, 0) is 16.0 Å². The second-order valence-corrected chi connectivity index (χ2v) is 6.73. The fraction of sp³-hybridized carbons (Fsp3) is 0.105. The predicted octanol–water partition coefficient (Wildman–Crippen LogP) is -3.79. The number of benzene rings is 2. The molecule has 0 radical (unpaired) electrons. The van der Waals surface area contributed by atoms with Gasteiger partial charge in [0, 0.05) is 10.9 Å². The maximum Gasteiger partial charge on any atom is 1.00 e. The molecule has 10 heteroatoms. The molecule has 1 fully saturated rings. The number of hydrogen-bond acceptors (Lipinski definition) is 7. The Morgan fingerprint density at radius 3 is 2.10 bits per heavy atom. The molecule has 3 rings (SSSR count). The van der Waals surface area contributed by atoms with E-state index in [-0.39, 0.29) is 65.5 Å². The van der Waals surface area contributed by atoms with E-state index in [1.54, 1.807) is 54.6 Å². The number of rotatable bonds is 6. The molecule has 0 spiro atoms. The molecule has 2 aromatic carbocycles. The number of carbonyl (C=O) groups is 3. The molecule has 1 heterocycles. The number of aliphatic carboxylic acids is 1.